The monoisotopic (exact) mass is 208 g/mol. The maximum Gasteiger partial charge on any atom is 0.122 e. The molecule has 0 saturated carbocycles. The van der Waals surface area contributed by atoms with Gasteiger partial charge in [-0.1, -0.05) is 46.8 Å². The maximum absolute atomic E-state index is 5.33. The molecule has 0 fully saturated rings. The van der Waals surface area contributed by atoms with E-state index in [4.69, 9.17) is 4.74 Å². The summed E-state index contributed by atoms with van der Waals surface area (Å²) in [5.74, 6) is 1.59. The van der Waals surface area contributed by atoms with Crippen LogP contribution in [0.25, 0.3) is 0 Å². The van der Waals surface area contributed by atoms with E-state index in [-0.39, 0.29) is 0 Å². The van der Waals surface area contributed by atoms with Crippen LogP contribution in [0.15, 0.2) is 18.2 Å². The van der Waals surface area contributed by atoms with Gasteiger partial charge in [0.2, 0.25) is 0 Å². The first-order chi connectivity index (χ1) is 7.19. The molecule has 0 atom stereocenters. The first-order valence-corrected chi connectivity index (χ1v) is 5.85. The minimum Gasteiger partial charge on any atom is -0.496 e. The highest BCUT2D eigenvalue weighted by molar-refractivity contribution is 5.38. The Labute approximate surface area is 94.5 Å². The smallest absolute Gasteiger partial charge is 0.122 e. The number of ether oxygens (including phenoxy) is 1. The first-order valence-electron chi connectivity index (χ1n) is 5.85. The van der Waals surface area contributed by atoms with Crippen LogP contribution in [0.3, 0.4) is 0 Å². The predicted molar refractivity (Wildman–Crippen MR) is 67.8 cm³/mol. The van der Waals surface area contributed by atoms with E-state index >= 15 is 0 Å². The highest BCUT2D eigenvalue weighted by Gasteiger charge is 2.04. The second kappa shape index (κ2) is 7.33. The summed E-state index contributed by atoms with van der Waals surface area (Å²) in [4.78, 5) is 0. The van der Waals surface area contributed by atoms with Gasteiger partial charge in [0, 0.05) is 0 Å². The van der Waals surface area contributed by atoms with Crippen LogP contribution in [-0.4, -0.2) is 7.11 Å². The Kier molecular flexibility index (Phi) is 6.85. The van der Waals surface area contributed by atoms with Gasteiger partial charge in [0.15, 0.2) is 0 Å². The molecule has 1 heteroatoms. The number of aryl methyl sites for hydroxylation is 1. The van der Waals surface area contributed by atoms with Crippen molar-refractivity contribution in [1.82, 2.24) is 0 Å². The molecule has 0 saturated heterocycles. The maximum atomic E-state index is 5.33. The molecule has 0 radical (unpaired) electrons. The van der Waals surface area contributed by atoms with Gasteiger partial charge in [-0.15, -0.1) is 0 Å². The van der Waals surface area contributed by atoms with E-state index in [2.05, 4.69) is 39.0 Å². The standard InChI is InChI=1S/C12H18O.C2H6/c1-5-10-6-7-11(9(2)3)8-12(10)13-4;1-2/h6-9H,5H2,1-4H3;1-2H3. The van der Waals surface area contributed by atoms with Crippen molar-refractivity contribution in [3.63, 3.8) is 0 Å². The van der Waals surface area contributed by atoms with E-state index in [1.807, 2.05) is 13.8 Å². The number of methoxy groups -OCH3 is 1. The minimum absolute atomic E-state index is 0.569. The molecule has 86 valence electrons. The zero-order valence-electron chi connectivity index (χ0n) is 10.9. The van der Waals surface area contributed by atoms with Gasteiger partial charge in [-0.3, -0.25) is 0 Å². The van der Waals surface area contributed by atoms with Crippen LogP contribution < -0.4 is 4.74 Å². The molecule has 0 heterocycles. The molecule has 1 aromatic rings. The van der Waals surface area contributed by atoms with Crippen molar-refractivity contribution in [3.05, 3.63) is 29.3 Å². The number of rotatable bonds is 3. The summed E-state index contributed by atoms with van der Waals surface area (Å²) in [6, 6.07) is 6.49. The van der Waals surface area contributed by atoms with E-state index in [9.17, 15) is 0 Å². The normalized spacial score (nSPS) is 9.53. The summed E-state index contributed by atoms with van der Waals surface area (Å²) in [5.41, 5.74) is 2.63. The van der Waals surface area contributed by atoms with E-state index in [0.29, 0.717) is 5.92 Å². The van der Waals surface area contributed by atoms with E-state index in [1.165, 1.54) is 11.1 Å². The van der Waals surface area contributed by atoms with E-state index in [0.717, 1.165) is 12.2 Å². The highest BCUT2D eigenvalue weighted by atomic mass is 16.5. The largest absolute Gasteiger partial charge is 0.496 e. The Bertz CT molecular complexity index is 277. The van der Waals surface area contributed by atoms with Gasteiger partial charge in [-0.05, 0) is 29.5 Å². The lowest BCUT2D eigenvalue weighted by Crippen LogP contribution is -1.94. The van der Waals surface area contributed by atoms with Crippen LogP contribution >= 0.6 is 0 Å². The Hall–Kier alpha value is -0.980. The number of benzene rings is 1. The van der Waals surface area contributed by atoms with Crippen LogP contribution in [0.4, 0.5) is 0 Å². The summed E-state index contributed by atoms with van der Waals surface area (Å²) in [6.45, 7) is 10.5. The fourth-order valence-corrected chi connectivity index (χ4v) is 1.41. The third-order valence-corrected chi connectivity index (χ3v) is 2.36. The summed E-state index contributed by atoms with van der Waals surface area (Å²) in [6.07, 6.45) is 1.03. The van der Waals surface area contributed by atoms with Crippen molar-refractivity contribution >= 4 is 0 Å². The van der Waals surface area contributed by atoms with E-state index in [1.54, 1.807) is 7.11 Å². The molecular formula is C14H24O. The summed E-state index contributed by atoms with van der Waals surface area (Å²) in [5, 5.41) is 0. The summed E-state index contributed by atoms with van der Waals surface area (Å²) >= 11 is 0. The van der Waals surface area contributed by atoms with Gasteiger partial charge in [0.1, 0.15) is 5.75 Å². The lowest BCUT2D eigenvalue weighted by Gasteiger charge is -2.11. The van der Waals surface area contributed by atoms with Gasteiger partial charge >= 0.3 is 0 Å². The lowest BCUT2D eigenvalue weighted by molar-refractivity contribution is 0.409. The molecule has 0 aliphatic carbocycles. The van der Waals surface area contributed by atoms with Crippen LogP contribution in [0, 0.1) is 0 Å². The van der Waals surface area contributed by atoms with Crippen molar-refractivity contribution in [2.45, 2.75) is 47.0 Å². The van der Waals surface area contributed by atoms with Gasteiger partial charge in [0.05, 0.1) is 7.11 Å². The average molecular weight is 208 g/mol. The number of hydrogen-bond donors (Lipinski definition) is 0. The Morgan fingerprint density at radius 2 is 1.80 bits per heavy atom. The second-order valence-corrected chi connectivity index (χ2v) is 3.58. The summed E-state index contributed by atoms with van der Waals surface area (Å²) < 4.78 is 5.33. The van der Waals surface area contributed by atoms with Gasteiger partial charge < -0.3 is 4.74 Å². The van der Waals surface area contributed by atoms with E-state index < -0.39 is 0 Å². The number of hydrogen-bond acceptors (Lipinski definition) is 1. The zero-order chi connectivity index (χ0) is 11.8. The van der Waals surface area contributed by atoms with Crippen molar-refractivity contribution in [2.24, 2.45) is 0 Å². The van der Waals surface area contributed by atoms with Crippen LogP contribution in [0.2, 0.25) is 0 Å². The zero-order valence-corrected chi connectivity index (χ0v) is 10.9. The minimum atomic E-state index is 0.569. The predicted octanol–water partition coefficient (Wildman–Crippen LogP) is 4.41. The fourth-order valence-electron chi connectivity index (χ4n) is 1.41. The van der Waals surface area contributed by atoms with Crippen LogP contribution in [-0.2, 0) is 6.42 Å². The quantitative estimate of drug-likeness (QED) is 0.715. The van der Waals surface area contributed by atoms with Gasteiger partial charge in [-0.25, -0.2) is 0 Å². The van der Waals surface area contributed by atoms with Crippen molar-refractivity contribution in [2.75, 3.05) is 7.11 Å². The Balaban J connectivity index is 0.000000921. The highest BCUT2D eigenvalue weighted by Crippen LogP contribution is 2.24. The molecule has 0 aliphatic heterocycles. The molecule has 15 heavy (non-hydrogen) atoms. The molecule has 1 rings (SSSR count). The third kappa shape index (κ3) is 3.94. The molecule has 0 spiro atoms. The third-order valence-electron chi connectivity index (χ3n) is 2.36. The van der Waals surface area contributed by atoms with Crippen molar-refractivity contribution in [1.29, 1.82) is 0 Å². The van der Waals surface area contributed by atoms with Crippen molar-refractivity contribution < 1.29 is 4.74 Å². The molecule has 0 unspecified atom stereocenters. The molecule has 0 aliphatic rings. The van der Waals surface area contributed by atoms with Crippen LogP contribution in [0.1, 0.15) is 51.7 Å². The topological polar surface area (TPSA) is 9.23 Å². The van der Waals surface area contributed by atoms with Crippen LogP contribution in [0.5, 0.6) is 5.75 Å². The SMILES string of the molecule is CC.CCc1ccc(C(C)C)cc1OC. The molecule has 1 aromatic carbocycles. The molecule has 0 amide bonds. The lowest BCUT2D eigenvalue weighted by atomic mass is 10.0. The Morgan fingerprint density at radius 3 is 2.20 bits per heavy atom. The van der Waals surface area contributed by atoms with Gasteiger partial charge in [0.25, 0.3) is 0 Å². The average Bonchev–Trinajstić information content (AvgIpc) is 2.30. The van der Waals surface area contributed by atoms with Crippen molar-refractivity contribution in [3.8, 4) is 5.75 Å². The fraction of sp³-hybridized carbons (Fsp3) is 0.571. The molecule has 0 N–H and O–H groups in total. The Morgan fingerprint density at radius 1 is 1.20 bits per heavy atom. The molecular weight excluding hydrogens is 184 g/mol. The second-order valence-electron chi connectivity index (χ2n) is 3.58. The summed E-state index contributed by atoms with van der Waals surface area (Å²) in [7, 11) is 1.73. The molecule has 0 bridgehead atoms. The first kappa shape index (κ1) is 14.0. The van der Waals surface area contributed by atoms with Gasteiger partial charge in [-0.2, -0.15) is 0 Å². The molecule has 1 nitrogen and oxygen atoms in total. The molecule has 0 aromatic heterocycles.